The number of hydrogen-bond acceptors (Lipinski definition) is 3. The van der Waals surface area contributed by atoms with Crippen LogP contribution in [0.15, 0.2) is 18.2 Å². The fourth-order valence-corrected chi connectivity index (χ4v) is 1.40. The van der Waals surface area contributed by atoms with Crippen molar-refractivity contribution < 1.29 is 14.3 Å². The van der Waals surface area contributed by atoms with Gasteiger partial charge in [0.1, 0.15) is 0 Å². The van der Waals surface area contributed by atoms with E-state index < -0.39 is 0 Å². The van der Waals surface area contributed by atoms with Crippen LogP contribution < -0.4 is 0 Å². The van der Waals surface area contributed by atoms with Gasteiger partial charge in [-0.3, -0.25) is 9.59 Å². The van der Waals surface area contributed by atoms with E-state index in [1.165, 1.54) is 14.0 Å². The van der Waals surface area contributed by atoms with Crippen LogP contribution in [0.3, 0.4) is 0 Å². The van der Waals surface area contributed by atoms with E-state index in [1.807, 2.05) is 13.0 Å². The summed E-state index contributed by atoms with van der Waals surface area (Å²) in [7, 11) is 1.34. The topological polar surface area (TPSA) is 43.4 Å². The van der Waals surface area contributed by atoms with Crippen LogP contribution in [0, 0.1) is 6.92 Å². The van der Waals surface area contributed by atoms with Gasteiger partial charge in [-0.05, 0) is 25.5 Å². The van der Waals surface area contributed by atoms with Crippen LogP contribution in [0.5, 0.6) is 0 Å². The molecule has 3 nitrogen and oxygen atoms in total. The number of methoxy groups -OCH3 is 1. The minimum Gasteiger partial charge on any atom is -0.469 e. The third kappa shape index (κ3) is 2.91. The Labute approximate surface area is 89.1 Å². The van der Waals surface area contributed by atoms with Crippen LogP contribution in [0.25, 0.3) is 0 Å². The normalized spacial score (nSPS) is 9.80. The predicted molar refractivity (Wildman–Crippen MR) is 56.9 cm³/mol. The Morgan fingerprint density at radius 1 is 1.33 bits per heavy atom. The van der Waals surface area contributed by atoms with E-state index in [4.69, 9.17) is 0 Å². The Balaban J connectivity index is 3.06. The summed E-state index contributed by atoms with van der Waals surface area (Å²) < 4.78 is 4.57. The summed E-state index contributed by atoms with van der Waals surface area (Å²) in [4.78, 5) is 22.4. The standard InChI is InChI=1S/C12H14O3/c1-8-4-5-10(7-12(14)15-3)11(6-8)9(2)13/h4-6H,7H2,1-3H3. The van der Waals surface area contributed by atoms with Crippen LogP contribution in [-0.4, -0.2) is 18.9 Å². The van der Waals surface area contributed by atoms with Gasteiger partial charge >= 0.3 is 5.97 Å². The van der Waals surface area contributed by atoms with E-state index in [0.717, 1.165) is 11.1 Å². The van der Waals surface area contributed by atoms with Crippen LogP contribution >= 0.6 is 0 Å². The summed E-state index contributed by atoms with van der Waals surface area (Å²) in [6.07, 6.45) is 0.145. The molecule has 0 spiro atoms. The van der Waals surface area contributed by atoms with Gasteiger partial charge in [-0.25, -0.2) is 0 Å². The molecule has 0 saturated carbocycles. The number of esters is 1. The van der Waals surface area contributed by atoms with Crippen molar-refractivity contribution in [2.24, 2.45) is 0 Å². The predicted octanol–water partition coefficient (Wildman–Crippen LogP) is 1.91. The molecule has 0 unspecified atom stereocenters. The summed E-state index contributed by atoms with van der Waals surface area (Å²) >= 11 is 0. The third-order valence-electron chi connectivity index (χ3n) is 2.21. The van der Waals surface area contributed by atoms with Gasteiger partial charge in [0.2, 0.25) is 0 Å². The van der Waals surface area contributed by atoms with E-state index in [9.17, 15) is 9.59 Å². The molecule has 0 aliphatic rings. The lowest BCUT2D eigenvalue weighted by molar-refractivity contribution is -0.139. The van der Waals surface area contributed by atoms with E-state index in [0.29, 0.717) is 5.56 Å². The quantitative estimate of drug-likeness (QED) is 0.560. The van der Waals surface area contributed by atoms with Gasteiger partial charge in [0.05, 0.1) is 13.5 Å². The van der Waals surface area contributed by atoms with Gasteiger partial charge in [-0.15, -0.1) is 0 Å². The number of carbonyl (C=O) groups excluding carboxylic acids is 2. The van der Waals surface area contributed by atoms with Crippen molar-refractivity contribution in [3.63, 3.8) is 0 Å². The average Bonchev–Trinajstić information content (AvgIpc) is 2.20. The Hall–Kier alpha value is -1.64. The lowest BCUT2D eigenvalue weighted by atomic mass is 9.99. The zero-order valence-corrected chi connectivity index (χ0v) is 9.16. The van der Waals surface area contributed by atoms with Gasteiger partial charge in [0.25, 0.3) is 0 Å². The molecule has 1 aromatic carbocycles. The number of ketones is 1. The molecule has 0 amide bonds. The summed E-state index contributed by atoms with van der Waals surface area (Å²) in [5.74, 6) is -0.362. The molecular formula is C12H14O3. The molecule has 15 heavy (non-hydrogen) atoms. The lowest BCUT2D eigenvalue weighted by Gasteiger charge is -2.06. The summed E-state index contributed by atoms with van der Waals surface area (Å²) in [6.45, 7) is 3.41. The molecule has 80 valence electrons. The van der Waals surface area contributed by atoms with Crippen LogP contribution in [0.4, 0.5) is 0 Å². The average molecular weight is 206 g/mol. The molecule has 1 aromatic rings. The molecule has 0 bridgehead atoms. The monoisotopic (exact) mass is 206 g/mol. The molecule has 0 radical (unpaired) electrons. The van der Waals surface area contributed by atoms with Crippen molar-refractivity contribution in [3.05, 3.63) is 34.9 Å². The van der Waals surface area contributed by atoms with E-state index >= 15 is 0 Å². The molecule has 0 heterocycles. The number of Topliss-reactive ketones (excluding diaryl/α,β-unsaturated/α-hetero) is 1. The second-order valence-electron chi connectivity index (χ2n) is 3.47. The Bertz CT molecular complexity index is 394. The number of hydrogen-bond donors (Lipinski definition) is 0. The zero-order chi connectivity index (χ0) is 11.4. The summed E-state index contributed by atoms with van der Waals surface area (Å²) in [5, 5.41) is 0. The van der Waals surface area contributed by atoms with Crippen LogP contribution in [-0.2, 0) is 16.0 Å². The first-order valence-electron chi connectivity index (χ1n) is 4.72. The maximum absolute atomic E-state index is 11.3. The van der Waals surface area contributed by atoms with Gasteiger partial charge in [0, 0.05) is 5.56 Å². The van der Waals surface area contributed by atoms with Gasteiger partial charge in [-0.1, -0.05) is 17.7 Å². The van der Waals surface area contributed by atoms with Crippen LogP contribution in [0.2, 0.25) is 0 Å². The highest BCUT2D eigenvalue weighted by Crippen LogP contribution is 2.13. The molecule has 0 saturated heterocycles. The van der Waals surface area contributed by atoms with Crippen molar-refractivity contribution >= 4 is 11.8 Å². The number of carbonyl (C=O) groups is 2. The largest absolute Gasteiger partial charge is 0.469 e. The van der Waals surface area contributed by atoms with Gasteiger partial charge in [-0.2, -0.15) is 0 Å². The maximum Gasteiger partial charge on any atom is 0.310 e. The minimum atomic E-state index is -0.332. The molecule has 0 aliphatic heterocycles. The van der Waals surface area contributed by atoms with Crippen molar-refractivity contribution in [3.8, 4) is 0 Å². The first kappa shape index (κ1) is 11.4. The van der Waals surface area contributed by atoms with Gasteiger partial charge < -0.3 is 4.74 Å². The molecule has 3 heteroatoms. The molecule has 1 rings (SSSR count). The number of ether oxygens (including phenoxy) is 1. The van der Waals surface area contributed by atoms with E-state index in [1.54, 1.807) is 12.1 Å². The molecule has 0 aliphatic carbocycles. The number of aryl methyl sites for hydroxylation is 1. The first-order valence-corrected chi connectivity index (χ1v) is 4.72. The van der Waals surface area contributed by atoms with E-state index in [2.05, 4.69) is 4.74 Å². The first-order chi connectivity index (χ1) is 7.04. The second-order valence-corrected chi connectivity index (χ2v) is 3.47. The highest BCUT2D eigenvalue weighted by Gasteiger charge is 2.11. The smallest absolute Gasteiger partial charge is 0.310 e. The highest BCUT2D eigenvalue weighted by atomic mass is 16.5. The van der Waals surface area contributed by atoms with Crippen molar-refractivity contribution in [1.29, 1.82) is 0 Å². The van der Waals surface area contributed by atoms with Crippen LogP contribution in [0.1, 0.15) is 28.4 Å². The lowest BCUT2D eigenvalue weighted by Crippen LogP contribution is -2.09. The van der Waals surface area contributed by atoms with E-state index in [-0.39, 0.29) is 18.2 Å². The molecule has 0 atom stereocenters. The fourth-order valence-electron chi connectivity index (χ4n) is 1.40. The van der Waals surface area contributed by atoms with Gasteiger partial charge in [0.15, 0.2) is 5.78 Å². The molecule has 0 fully saturated rings. The Kier molecular flexibility index (Phi) is 3.61. The number of rotatable bonds is 3. The molecule has 0 aromatic heterocycles. The van der Waals surface area contributed by atoms with Crippen molar-refractivity contribution in [2.75, 3.05) is 7.11 Å². The van der Waals surface area contributed by atoms with Crippen molar-refractivity contribution in [2.45, 2.75) is 20.3 Å². The SMILES string of the molecule is COC(=O)Cc1ccc(C)cc1C(C)=O. The Morgan fingerprint density at radius 2 is 2.00 bits per heavy atom. The Morgan fingerprint density at radius 3 is 2.53 bits per heavy atom. The molecule has 0 N–H and O–H groups in total. The highest BCUT2D eigenvalue weighted by molar-refractivity contribution is 5.96. The zero-order valence-electron chi connectivity index (χ0n) is 9.16. The maximum atomic E-state index is 11.3. The number of benzene rings is 1. The third-order valence-corrected chi connectivity index (χ3v) is 2.21. The minimum absolute atomic E-state index is 0.0300. The fraction of sp³-hybridized carbons (Fsp3) is 0.333. The molecular weight excluding hydrogens is 192 g/mol. The van der Waals surface area contributed by atoms with Crippen molar-refractivity contribution in [1.82, 2.24) is 0 Å². The second kappa shape index (κ2) is 4.73. The summed E-state index contributed by atoms with van der Waals surface area (Å²) in [6, 6.07) is 5.47. The summed E-state index contributed by atoms with van der Waals surface area (Å²) in [5.41, 5.74) is 2.33.